The lowest BCUT2D eigenvalue weighted by molar-refractivity contribution is -0.645. The number of nitrogens with one attached hydrogen (secondary N) is 1. The van der Waals surface area contributed by atoms with Gasteiger partial charge < -0.3 is 10.5 Å². The van der Waals surface area contributed by atoms with Crippen LogP contribution in [-0.4, -0.2) is 16.1 Å². The summed E-state index contributed by atoms with van der Waals surface area (Å²) in [6.45, 7) is 1.74. The van der Waals surface area contributed by atoms with Crippen LogP contribution in [-0.2, 0) is 4.79 Å². The van der Waals surface area contributed by atoms with Gasteiger partial charge in [0.2, 0.25) is 5.91 Å². The van der Waals surface area contributed by atoms with Gasteiger partial charge in [-0.1, -0.05) is 29.3 Å². The molecule has 0 spiro atoms. The zero-order chi connectivity index (χ0) is 18.7. The molecule has 0 saturated carbocycles. The molecule has 1 atom stereocenters. The predicted molar refractivity (Wildman–Crippen MR) is 107 cm³/mol. The number of thioether (sulfide) groups is 1. The van der Waals surface area contributed by atoms with Crippen molar-refractivity contribution in [1.82, 2.24) is 4.98 Å². The lowest BCUT2D eigenvalue weighted by Crippen LogP contribution is -2.30. The molecule has 0 aliphatic rings. The molecule has 1 aromatic carbocycles. The molecule has 0 radical (unpaired) electrons. The summed E-state index contributed by atoms with van der Waals surface area (Å²) in [4.78, 5) is 16.8. The monoisotopic (exact) mass is 425 g/mol. The van der Waals surface area contributed by atoms with Gasteiger partial charge in [-0.3, -0.25) is 4.79 Å². The first-order valence-corrected chi connectivity index (χ1v) is 10.0. The van der Waals surface area contributed by atoms with E-state index in [-0.39, 0.29) is 5.91 Å². The largest absolute Gasteiger partial charge is 0.618 e. The highest BCUT2D eigenvalue weighted by Gasteiger charge is 2.20. The number of pyridine rings is 1. The summed E-state index contributed by atoms with van der Waals surface area (Å²) in [6.07, 6.45) is 1.40. The van der Waals surface area contributed by atoms with Crippen LogP contribution in [0.4, 0.5) is 5.13 Å². The summed E-state index contributed by atoms with van der Waals surface area (Å²) in [5, 5.41) is 17.7. The number of aromatic nitrogens is 2. The maximum atomic E-state index is 12.4. The van der Waals surface area contributed by atoms with Gasteiger partial charge in [-0.05, 0) is 36.9 Å². The molecule has 5 nitrogen and oxygen atoms in total. The Morgan fingerprint density at radius 2 is 2.12 bits per heavy atom. The van der Waals surface area contributed by atoms with Crippen LogP contribution in [0.2, 0.25) is 10.0 Å². The standard InChI is InChI=1S/C17H13Cl2N3O2S2/c1-10(26-15-4-2-3-7-22(15)24)16(23)21-17-20-14(9-25-17)11-5-6-12(18)13(19)8-11/h2-10H,1H3,(H,20,21,23)/t10-/m1/s1. The Labute approximate surface area is 168 Å². The highest BCUT2D eigenvalue weighted by molar-refractivity contribution is 8.00. The second-order valence-electron chi connectivity index (χ2n) is 5.28. The van der Waals surface area contributed by atoms with Crippen LogP contribution in [0.25, 0.3) is 11.3 Å². The van der Waals surface area contributed by atoms with Crippen molar-refractivity contribution in [2.24, 2.45) is 0 Å². The molecular weight excluding hydrogens is 413 g/mol. The zero-order valence-electron chi connectivity index (χ0n) is 13.5. The van der Waals surface area contributed by atoms with Gasteiger partial charge >= 0.3 is 0 Å². The van der Waals surface area contributed by atoms with Gasteiger partial charge in [-0.2, -0.15) is 4.73 Å². The number of halogens is 2. The molecule has 26 heavy (non-hydrogen) atoms. The van der Waals surface area contributed by atoms with Crippen molar-refractivity contribution in [2.45, 2.75) is 17.2 Å². The van der Waals surface area contributed by atoms with Crippen LogP contribution in [0, 0.1) is 5.21 Å². The van der Waals surface area contributed by atoms with Gasteiger partial charge in [0.05, 0.1) is 21.0 Å². The number of thiazole rings is 1. The highest BCUT2D eigenvalue weighted by atomic mass is 35.5. The predicted octanol–water partition coefficient (Wildman–Crippen LogP) is 4.87. The van der Waals surface area contributed by atoms with Crippen molar-refractivity contribution in [3.8, 4) is 11.3 Å². The minimum absolute atomic E-state index is 0.228. The van der Waals surface area contributed by atoms with Crippen molar-refractivity contribution < 1.29 is 9.52 Å². The van der Waals surface area contributed by atoms with E-state index < -0.39 is 5.25 Å². The Balaban J connectivity index is 1.67. The first-order chi connectivity index (χ1) is 12.4. The van der Waals surface area contributed by atoms with Crippen molar-refractivity contribution in [3.63, 3.8) is 0 Å². The second-order valence-corrected chi connectivity index (χ2v) is 8.31. The number of rotatable bonds is 5. The third-order valence-corrected chi connectivity index (χ3v) is 6.03. The highest BCUT2D eigenvalue weighted by Crippen LogP contribution is 2.31. The van der Waals surface area contributed by atoms with Crippen LogP contribution in [0.5, 0.6) is 0 Å². The Kier molecular flexibility index (Phi) is 6.03. The average molecular weight is 426 g/mol. The van der Waals surface area contributed by atoms with E-state index >= 15 is 0 Å². The number of hydrogen-bond donors (Lipinski definition) is 1. The van der Waals surface area contributed by atoms with Crippen molar-refractivity contribution in [2.75, 3.05) is 5.32 Å². The summed E-state index contributed by atoms with van der Waals surface area (Å²) in [7, 11) is 0. The van der Waals surface area contributed by atoms with E-state index in [4.69, 9.17) is 23.2 Å². The third-order valence-electron chi connectivity index (χ3n) is 3.41. The average Bonchev–Trinajstić information content (AvgIpc) is 3.07. The molecule has 0 unspecified atom stereocenters. The normalized spacial score (nSPS) is 12.0. The fourth-order valence-corrected chi connectivity index (χ4v) is 3.94. The van der Waals surface area contributed by atoms with E-state index in [1.165, 1.54) is 29.3 Å². The Hall–Kier alpha value is -1.80. The summed E-state index contributed by atoms with van der Waals surface area (Å²) in [5.74, 6) is -0.228. The van der Waals surface area contributed by atoms with Crippen LogP contribution in [0.1, 0.15) is 6.92 Å². The lowest BCUT2D eigenvalue weighted by atomic mass is 10.2. The van der Waals surface area contributed by atoms with Gasteiger partial charge in [0.25, 0.3) is 5.03 Å². The molecule has 9 heteroatoms. The summed E-state index contributed by atoms with van der Waals surface area (Å²) < 4.78 is 0.736. The Morgan fingerprint density at radius 3 is 2.85 bits per heavy atom. The second kappa shape index (κ2) is 8.26. The molecule has 0 saturated heterocycles. The Morgan fingerprint density at radius 1 is 1.31 bits per heavy atom. The summed E-state index contributed by atoms with van der Waals surface area (Å²) >= 11 is 14.5. The first kappa shape index (κ1) is 19.0. The maximum absolute atomic E-state index is 12.4. The number of benzene rings is 1. The SMILES string of the molecule is C[C@@H](Sc1cccc[n+]1[O-])C(=O)Nc1nc(-c2ccc(Cl)c(Cl)c2)cs1. The topological polar surface area (TPSA) is 68.9 Å². The van der Waals surface area contributed by atoms with Crippen molar-refractivity contribution in [3.05, 3.63) is 63.2 Å². The molecule has 0 aliphatic carbocycles. The molecule has 0 bridgehead atoms. The number of amides is 1. The van der Waals surface area contributed by atoms with Crippen LogP contribution >= 0.6 is 46.3 Å². The molecule has 134 valence electrons. The molecule has 3 rings (SSSR count). The van der Waals surface area contributed by atoms with Crippen molar-refractivity contribution in [1.29, 1.82) is 0 Å². The number of carbonyl (C=O) groups excluding carboxylic acids is 1. The molecule has 1 amide bonds. The van der Waals surface area contributed by atoms with Crippen LogP contribution < -0.4 is 10.0 Å². The van der Waals surface area contributed by atoms with Gasteiger partial charge in [0.15, 0.2) is 11.3 Å². The van der Waals surface area contributed by atoms with E-state index in [9.17, 15) is 10.0 Å². The fraction of sp³-hybridized carbons (Fsp3) is 0.118. The minimum atomic E-state index is -0.449. The molecular formula is C17H13Cl2N3O2S2. The minimum Gasteiger partial charge on any atom is -0.618 e. The number of hydrogen-bond acceptors (Lipinski definition) is 5. The molecule has 0 aliphatic heterocycles. The molecule has 2 aromatic heterocycles. The van der Waals surface area contributed by atoms with E-state index in [0.29, 0.717) is 25.9 Å². The van der Waals surface area contributed by atoms with Gasteiger partial charge in [-0.25, -0.2) is 4.98 Å². The van der Waals surface area contributed by atoms with Gasteiger partial charge in [-0.15, -0.1) is 11.3 Å². The molecule has 0 fully saturated rings. The van der Waals surface area contributed by atoms with Gasteiger partial charge in [0.1, 0.15) is 0 Å². The number of nitrogens with zero attached hydrogens (tertiary/aromatic N) is 2. The first-order valence-electron chi connectivity index (χ1n) is 7.50. The van der Waals surface area contributed by atoms with Crippen LogP contribution in [0.3, 0.4) is 0 Å². The third kappa shape index (κ3) is 4.48. The quantitative estimate of drug-likeness (QED) is 0.359. The van der Waals surface area contributed by atoms with Gasteiger partial charge in [0, 0.05) is 23.1 Å². The summed E-state index contributed by atoms with van der Waals surface area (Å²) in [5.41, 5.74) is 1.51. The zero-order valence-corrected chi connectivity index (χ0v) is 16.6. The number of anilines is 1. The van der Waals surface area contributed by atoms with E-state index in [2.05, 4.69) is 10.3 Å². The molecule has 3 aromatic rings. The van der Waals surface area contributed by atoms with E-state index in [1.807, 2.05) is 11.4 Å². The Bertz CT molecular complexity index is 949. The van der Waals surface area contributed by atoms with Crippen molar-refractivity contribution >= 4 is 57.3 Å². The number of carbonyl (C=O) groups is 1. The van der Waals surface area contributed by atoms with E-state index in [1.54, 1.807) is 37.3 Å². The molecule has 2 heterocycles. The molecule has 1 N–H and O–H groups in total. The fourth-order valence-electron chi connectivity index (χ4n) is 2.06. The summed E-state index contributed by atoms with van der Waals surface area (Å²) in [6, 6.07) is 10.3. The lowest BCUT2D eigenvalue weighted by Gasteiger charge is -2.09. The van der Waals surface area contributed by atoms with E-state index in [0.717, 1.165) is 10.3 Å². The smallest absolute Gasteiger partial charge is 0.252 e. The maximum Gasteiger partial charge on any atom is 0.252 e. The van der Waals surface area contributed by atoms with Crippen LogP contribution in [0.15, 0.2) is 53.0 Å².